The molecule has 0 bridgehead atoms. The number of methoxy groups -OCH3 is 1. The summed E-state index contributed by atoms with van der Waals surface area (Å²) < 4.78 is 6.97. The maximum Gasteiger partial charge on any atom is 0.262 e. The maximum atomic E-state index is 13.3. The molecular weight excluding hydrogens is 398 g/mol. The Bertz CT molecular complexity index is 1220. The Kier molecular flexibility index (Phi) is 5.55. The van der Waals surface area contributed by atoms with Crippen molar-refractivity contribution in [2.45, 2.75) is 32.0 Å². The zero-order chi connectivity index (χ0) is 21.3. The van der Waals surface area contributed by atoms with E-state index < -0.39 is 0 Å². The molecule has 1 aliphatic rings. The zero-order valence-electron chi connectivity index (χ0n) is 16.8. The molecule has 0 saturated heterocycles. The Hall–Kier alpha value is -3.19. The number of allylic oxidation sites excluding steroid dienone is 1. The first-order valence-electron chi connectivity index (χ1n) is 9.83. The van der Waals surface area contributed by atoms with Gasteiger partial charge in [0, 0.05) is 24.7 Å². The van der Waals surface area contributed by atoms with Gasteiger partial charge in [-0.05, 0) is 61.0 Å². The lowest BCUT2D eigenvalue weighted by Crippen LogP contribution is -2.32. The summed E-state index contributed by atoms with van der Waals surface area (Å²) in [6.45, 7) is 4.53. The van der Waals surface area contributed by atoms with Crippen LogP contribution in [0.1, 0.15) is 28.8 Å². The standard InChI is InChI=1S/C23H23N3O3S/c1-3-12-25-22(28)19-11-6-16(13-20(19)24-23(25)30)21(27)26(17-7-8-17)14-15-4-9-18(29-2)10-5-15/h3-6,9-11,13,17H,1,7-8,12,14H2,2H3,(H,24,30). The molecule has 154 valence electrons. The van der Waals surface area contributed by atoms with Gasteiger partial charge in [0.05, 0.1) is 18.0 Å². The molecule has 1 aromatic heterocycles. The van der Waals surface area contributed by atoms with E-state index in [1.807, 2.05) is 29.2 Å². The van der Waals surface area contributed by atoms with Crippen molar-refractivity contribution in [3.05, 3.63) is 81.4 Å². The molecular formula is C23H23N3O3S. The number of rotatable bonds is 7. The molecule has 0 aliphatic heterocycles. The van der Waals surface area contributed by atoms with Crippen molar-refractivity contribution >= 4 is 29.0 Å². The Morgan fingerprint density at radius 1 is 1.30 bits per heavy atom. The van der Waals surface area contributed by atoms with Gasteiger partial charge in [-0.1, -0.05) is 18.2 Å². The van der Waals surface area contributed by atoms with Crippen LogP contribution in [0, 0.1) is 4.77 Å². The lowest BCUT2D eigenvalue weighted by atomic mass is 10.1. The van der Waals surface area contributed by atoms with Crippen LogP contribution in [0.15, 0.2) is 59.9 Å². The van der Waals surface area contributed by atoms with Crippen LogP contribution in [0.5, 0.6) is 5.75 Å². The summed E-state index contributed by atoms with van der Waals surface area (Å²) in [6.07, 6.45) is 3.63. The van der Waals surface area contributed by atoms with Gasteiger partial charge in [0.2, 0.25) is 0 Å². The van der Waals surface area contributed by atoms with Gasteiger partial charge in [-0.25, -0.2) is 0 Å². The number of nitrogens with zero attached hydrogens (tertiary/aromatic N) is 2. The third-order valence-electron chi connectivity index (χ3n) is 5.30. The smallest absolute Gasteiger partial charge is 0.262 e. The molecule has 1 amide bonds. The van der Waals surface area contributed by atoms with Crippen molar-refractivity contribution in [2.75, 3.05) is 7.11 Å². The highest BCUT2D eigenvalue weighted by atomic mass is 32.1. The van der Waals surface area contributed by atoms with Crippen molar-refractivity contribution in [3.63, 3.8) is 0 Å². The van der Waals surface area contributed by atoms with Crippen molar-refractivity contribution in [3.8, 4) is 5.75 Å². The van der Waals surface area contributed by atoms with Crippen LogP contribution in [0.4, 0.5) is 0 Å². The number of fused-ring (bicyclic) bond motifs is 1. The van der Waals surface area contributed by atoms with E-state index in [9.17, 15) is 9.59 Å². The van der Waals surface area contributed by atoms with E-state index in [4.69, 9.17) is 17.0 Å². The van der Waals surface area contributed by atoms with E-state index in [1.165, 1.54) is 4.57 Å². The van der Waals surface area contributed by atoms with Crippen LogP contribution in [-0.4, -0.2) is 33.5 Å². The molecule has 1 fully saturated rings. The van der Waals surface area contributed by atoms with Crippen molar-refractivity contribution in [1.29, 1.82) is 0 Å². The number of carbonyl (C=O) groups is 1. The molecule has 2 aromatic carbocycles. The average Bonchev–Trinajstić information content (AvgIpc) is 3.60. The molecule has 0 radical (unpaired) electrons. The first-order chi connectivity index (χ1) is 14.5. The highest BCUT2D eigenvalue weighted by Gasteiger charge is 2.33. The number of aromatic nitrogens is 2. The first kappa shape index (κ1) is 20.1. The number of ether oxygens (including phenoxy) is 1. The number of hydrogen-bond donors (Lipinski definition) is 1. The number of amides is 1. The van der Waals surface area contributed by atoms with Crippen LogP contribution in [0.2, 0.25) is 0 Å². The quantitative estimate of drug-likeness (QED) is 0.462. The van der Waals surface area contributed by atoms with Gasteiger partial charge in [-0.2, -0.15) is 0 Å². The predicted octanol–water partition coefficient (Wildman–Crippen LogP) is 4.06. The highest BCUT2D eigenvalue weighted by molar-refractivity contribution is 7.71. The molecule has 4 rings (SSSR count). The predicted molar refractivity (Wildman–Crippen MR) is 119 cm³/mol. The fraction of sp³-hybridized carbons (Fsp3) is 0.261. The van der Waals surface area contributed by atoms with Crippen LogP contribution < -0.4 is 10.3 Å². The van der Waals surface area contributed by atoms with Crippen LogP contribution >= 0.6 is 12.2 Å². The number of nitrogens with one attached hydrogen (secondary N) is 1. The van der Waals surface area contributed by atoms with E-state index in [2.05, 4.69) is 11.6 Å². The fourth-order valence-corrected chi connectivity index (χ4v) is 3.80. The van der Waals surface area contributed by atoms with Gasteiger partial charge >= 0.3 is 0 Å². The van der Waals surface area contributed by atoms with Gasteiger partial charge in [0.25, 0.3) is 11.5 Å². The normalized spacial score (nSPS) is 13.2. The van der Waals surface area contributed by atoms with E-state index in [0.717, 1.165) is 24.2 Å². The van der Waals surface area contributed by atoms with Crippen LogP contribution in [-0.2, 0) is 13.1 Å². The lowest BCUT2D eigenvalue weighted by molar-refractivity contribution is 0.0730. The monoisotopic (exact) mass is 421 g/mol. The van der Waals surface area contributed by atoms with Gasteiger partial charge in [0.1, 0.15) is 5.75 Å². The Morgan fingerprint density at radius 3 is 2.67 bits per heavy atom. The summed E-state index contributed by atoms with van der Waals surface area (Å²) in [7, 11) is 1.63. The fourth-order valence-electron chi connectivity index (χ4n) is 3.53. The summed E-state index contributed by atoms with van der Waals surface area (Å²) >= 11 is 5.31. The van der Waals surface area contributed by atoms with Crippen LogP contribution in [0.3, 0.4) is 0 Å². The minimum absolute atomic E-state index is 0.0511. The second kappa shape index (κ2) is 8.28. The molecule has 0 unspecified atom stereocenters. The number of H-pyrrole nitrogens is 1. The Balaban J connectivity index is 1.66. The molecule has 1 N–H and O–H groups in total. The molecule has 7 heteroatoms. The van der Waals surface area contributed by atoms with Crippen molar-refractivity contribution in [1.82, 2.24) is 14.5 Å². The summed E-state index contributed by atoms with van der Waals surface area (Å²) in [5.74, 6) is 0.736. The summed E-state index contributed by atoms with van der Waals surface area (Å²) in [4.78, 5) is 31.0. The summed E-state index contributed by atoms with van der Waals surface area (Å²) in [5.41, 5.74) is 1.96. The molecule has 30 heavy (non-hydrogen) atoms. The van der Waals surface area contributed by atoms with Crippen LogP contribution in [0.25, 0.3) is 10.9 Å². The zero-order valence-corrected chi connectivity index (χ0v) is 17.6. The van der Waals surface area contributed by atoms with Crippen molar-refractivity contribution < 1.29 is 9.53 Å². The maximum absolute atomic E-state index is 13.3. The van der Waals surface area contributed by atoms with E-state index in [1.54, 1.807) is 31.4 Å². The summed E-state index contributed by atoms with van der Waals surface area (Å²) in [5, 5.41) is 0.495. The van der Waals surface area contributed by atoms with Gasteiger partial charge in [0.15, 0.2) is 4.77 Å². The molecule has 0 spiro atoms. The minimum atomic E-state index is -0.190. The Morgan fingerprint density at radius 2 is 2.03 bits per heavy atom. The molecule has 3 aromatic rings. The largest absolute Gasteiger partial charge is 0.497 e. The van der Waals surface area contributed by atoms with E-state index >= 15 is 0 Å². The SMILES string of the molecule is C=CCn1c(=S)[nH]c2cc(C(=O)N(Cc3ccc(OC)cc3)C3CC3)ccc2c1=O. The molecule has 6 nitrogen and oxygen atoms in total. The molecule has 1 aliphatic carbocycles. The number of hydrogen-bond acceptors (Lipinski definition) is 4. The number of carbonyl (C=O) groups excluding carboxylic acids is 1. The second-order valence-electron chi connectivity index (χ2n) is 7.41. The highest BCUT2D eigenvalue weighted by Crippen LogP contribution is 2.30. The molecule has 1 saturated carbocycles. The minimum Gasteiger partial charge on any atom is -0.497 e. The van der Waals surface area contributed by atoms with E-state index in [-0.39, 0.29) is 17.5 Å². The lowest BCUT2D eigenvalue weighted by Gasteiger charge is -2.23. The van der Waals surface area contributed by atoms with Gasteiger partial charge in [-0.3, -0.25) is 14.2 Å². The Labute approximate surface area is 179 Å². The first-order valence-corrected chi connectivity index (χ1v) is 10.2. The average molecular weight is 422 g/mol. The number of aromatic amines is 1. The number of benzene rings is 2. The third-order valence-corrected chi connectivity index (χ3v) is 5.62. The second-order valence-corrected chi connectivity index (χ2v) is 7.79. The molecule has 1 heterocycles. The van der Waals surface area contributed by atoms with Gasteiger partial charge in [-0.15, -0.1) is 6.58 Å². The summed E-state index contributed by atoms with van der Waals surface area (Å²) in [6, 6.07) is 13.1. The van der Waals surface area contributed by atoms with Gasteiger partial charge < -0.3 is 14.6 Å². The topological polar surface area (TPSA) is 67.3 Å². The third kappa shape index (κ3) is 3.93. The van der Waals surface area contributed by atoms with E-state index in [0.29, 0.717) is 34.3 Å². The van der Waals surface area contributed by atoms with Crippen molar-refractivity contribution in [2.24, 2.45) is 0 Å². The molecule has 0 atom stereocenters.